The molecule has 2 aliphatic rings. The Bertz CT molecular complexity index is 238. The van der Waals surface area contributed by atoms with Gasteiger partial charge in [0.15, 0.2) is 0 Å². The average molecular weight is 256 g/mol. The molecule has 0 radical (unpaired) electrons. The Morgan fingerprint density at radius 1 is 1.29 bits per heavy atom. The van der Waals surface area contributed by atoms with E-state index in [9.17, 15) is 0 Å². The summed E-state index contributed by atoms with van der Waals surface area (Å²) in [5.41, 5.74) is 6.05. The molecule has 1 saturated carbocycles. The maximum Gasteiger partial charge on any atom is 0.0284 e. The van der Waals surface area contributed by atoms with Gasteiger partial charge in [0.05, 0.1) is 0 Å². The highest BCUT2D eigenvalue weighted by Crippen LogP contribution is 2.40. The van der Waals surface area contributed by atoms with Crippen LogP contribution in [0.3, 0.4) is 0 Å². The summed E-state index contributed by atoms with van der Waals surface area (Å²) in [4.78, 5) is 2.70. The van der Waals surface area contributed by atoms with Gasteiger partial charge in [-0.3, -0.25) is 4.90 Å². The van der Waals surface area contributed by atoms with Crippen molar-refractivity contribution in [2.24, 2.45) is 5.73 Å². The Balaban J connectivity index is 1.93. The average Bonchev–Trinajstić information content (AvgIpc) is 2.34. The van der Waals surface area contributed by atoms with E-state index in [1.165, 1.54) is 58.0 Å². The molecular weight excluding hydrogens is 228 g/mol. The zero-order valence-corrected chi connectivity index (χ0v) is 12.3. The van der Waals surface area contributed by atoms with Crippen molar-refractivity contribution in [1.82, 2.24) is 4.90 Å². The molecule has 0 amide bonds. The van der Waals surface area contributed by atoms with Gasteiger partial charge < -0.3 is 5.73 Å². The zero-order chi connectivity index (χ0) is 12.3. The predicted octanol–water partition coefficient (Wildman–Crippen LogP) is 2.86. The molecule has 2 N–H and O–H groups in total. The third-order valence-electron chi connectivity index (χ3n) is 4.74. The Kier molecular flexibility index (Phi) is 4.79. The number of nitrogens with two attached hydrogens (primary N) is 1. The lowest BCUT2D eigenvalue weighted by Gasteiger charge is -2.44. The lowest BCUT2D eigenvalue weighted by Crippen LogP contribution is -2.51. The van der Waals surface area contributed by atoms with Gasteiger partial charge in [-0.25, -0.2) is 0 Å². The summed E-state index contributed by atoms with van der Waals surface area (Å²) in [6.45, 7) is 4.86. The van der Waals surface area contributed by atoms with E-state index in [1.54, 1.807) is 0 Å². The van der Waals surface area contributed by atoms with Crippen molar-refractivity contribution < 1.29 is 0 Å². The third-order valence-corrected chi connectivity index (χ3v) is 6.15. The maximum absolute atomic E-state index is 6.05. The molecule has 0 aromatic rings. The summed E-state index contributed by atoms with van der Waals surface area (Å²) in [5, 5.41) is 0. The van der Waals surface area contributed by atoms with Crippen LogP contribution in [0, 0.1) is 0 Å². The molecular formula is C14H28N2S. The van der Waals surface area contributed by atoms with Gasteiger partial charge in [-0.1, -0.05) is 19.3 Å². The van der Waals surface area contributed by atoms with Crippen LogP contribution in [0.2, 0.25) is 0 Å². The van der Waals surface area contributed by atoms with Gasteiger partial charge in [0.2, 0.25) is 0 Å². The van der Waals surface area contributed by atoms with Crippen molar-refractivity contribution in [1.29, 1.82) is 0 Å². The van der Waals surface area contributed by atoms with E-state index in [2.05, 4.69) is 29.8 Å². The summed E-state index contributed by atoms with van der Waals surface area (Å²) in [7, 11) is 0. The monoisotopic (exact) mass is 256 g/mol. The first-order valence-corrected chi connectivity index (χ1v) is 8.42. The topological polar surface area (TPSA) is 29.3 Å². The highest BCUT2D eigenvalue weighted by Gasteiger charge is 2.35. The molecule has 100 valence electrons. The molecule has 3 heteroatoms. The van der Waals surface area contributed by atoms with Crippen molar-refractivity contribution in [2.75, 3.05) is 19.3 Å². The number of piperidine rings is 1. The molecule has 2 nitrogen and oxygen atoms in total. The minimum atomic E-state index is 0.442. The van der Waals surface area contributed by atoms with Crippen LogP contribution in [0.15, 0.2) is 0 Å². The van der Waals surface area contributed by atoms with Crippen LogP contribution >= 0.6 is 11.8 Å². The van der Waals surface area contributed by atoms with Crippen LogP contribution in [0.25, 0.3) is 0 Å². The van der Waals surface area contributed by atoms with Crippen molar-refractivity contribution in [2.45, 2.75) is 68.7 Å². The minimum Gasteiger partial charge on any atom is -0.328 e. The van der Waals surface area contributed by atoms with Crippen LogP contribution in [-0.2, 0) is 0 Å². The fraction of sp³-hybridized carbons (Fsp3) is 1.00. The SMILES string of the molecule is CSC1(CN2CCC(N)CC2C)CCCCC1. The fourth-order valence-corrected chi connectivity index (χ4v) is 4.48. The molecule has 17 heavy (non-hydrogen) atoms. The van der Waals surface area contributed by atoms with E-state index in [-0.39, 0.29) is 0 Å². The largest absolute Gasteiger partial charge is 0.328 e. The van der Waals surface area contributed by atoms with E-state index in [0.29, 0.717) is 16.8 Å². The number of likely N-dealkylation sites (tertiary alicyclic amines) is 1. The number of nitrogens with zero attached hydrogens (tertiary/aromatic N) is 1. The van der Waals surface area contributed by atoms with Gasteiger partial charge in [-0.15, -0.1) is 0 Å². The van der Waals surface area contributed by atoms with E-state index in [4.69, 9.17) is 5.73 Å². The van der Waals surface area contributed by atoms with Gasteiger partial charge in [-0.05, 0) is 45.4 Å². The summed E-state index contributed by atoms with van der Waals surface area (Å²) in [6.07, 6.45) is 11.8. The summed E-state index contributed by atoms with van der Waals surface area (Å²) < 4.78 is 0.550. The van der Waals surface area contributed by atoms with Crippen molar-refractivity contribution in [3.8, 4) is 0 Å². The van der Waals surface area contributed by atoms with E-state index in [1.807, 2.05) is 0 Å². The van der Waals surface area contributed by atoms with E-state index in [0.717, 1.165) is 0 Å². The van der Waals surface area contributed by atoms with Gasteiger partial charge in [-0.2, -0.15) is 11.8 Å². The molecule has 2 rings (SSSR count). The lowest BCUT2D eigenvalue weighted by atomic mass is 9.86. The first kappa shape index (κ1) is 13.7. The van der Waals surface area contributed by atoms with Gasteiger partial charge in [0.25, 0.3) is 0 Å². The summed E-state index contributed by atoms with van der Waals surface area (Å²) in [6, 6.07) is 1.13. The van der Waals surface area contributed by atoms with Crippen molar-refractivity contribution in [3.05, 3.63) is 0 Å². The molecule has 2 atom stereocenters. The number of hydrogen-bond donors (Lipinski definition) is 1. The Morgan fingerprint density at radius 3 is 2.59 bits per heavy atom. The fourth-order valence-electron chi connectivity index (χ4n) is 3.49. The van der Waals surface area contributed by atoms with Gasteiger partial charge >= 0.3 is 0 Å². The quantitative estimate of drug-likeness (QED) is 0.842. The molecule has 1 aliphatic carbocycles. The van der Waals surface area contributed by atoms with Gasteiger partial charge in [0.1, 0.15) is 0 Å². The first-order chi connectivity index (χ1) is 8.15. The Labute approximate surface area is 111 Å². The van der Waals surface area contributed by atoms with Crippen LogP contribution in [0.5, 0.6) is 0 Å². The highest BCUT2D eigenvalue weighted by atomic mass is 32.2. The molecule has 1 heterocycles. The normalized spacial score (nSPS) is 34.8. The van der Waals surface area contributed by atoms with Crippen LogP contribution in [0.4, 0.5) is 0 Å². The summed E-state index contributed by atoms with van der Waals surface area (Å²) >= 11 is 2.12. The molecule has 0 aromatic carbocycles. The maximum atomic E-state index is 6.05. The standard InChI is InChI=1S/C14H28N2S/c1-12-10-13(15)6-9-16(12)11-14(17-2)7-4-3-5-8-14/h12-13H,3-11,15H2,1-2H3. The molecule has 1 aliphatic heterocycles. The number of hydrogen-bond acceptors (Lipinski definition) is 3. The second-order valence-corrected chi connectivity index (χ2v) is 7.33. The predicted molar refractivity (Wildman–Crippen MR) is 77.6 cm³/mol. The second-order valence-electron chi connectivity index (χ2n) is 6.05. The van der Waals surface area contributed by atoms with Crippen LogP contribution < -0.4 is 5.73 Å². The van der Waals surface area contributed by atoms with E-state index >= 15 is 0 Å². The second kappa shape index (κ2) is 5.94. The minimum absolute atomic E-state index is 0.442. The highest BCUT2D eigenvalue weighted by molar-refractivity contribution is 8.00. The summed E-state index contributed by atoms with van der Waals surface area (Å²) in [5.74, 6) is 0. The third kappa shape index (κ3) is 3.39. The number of thioether (sulfide) groups is 1. The number of rotatable bonds is 3. The van der Waals surface area contributed by atoms with Crippen LogP contribution in [-0.4, -0.2) is 41.1 Å². The molecule has 2 unspecified atom stereocenters. The first-order valence-electron chi connectivity index (χ1n) is 7.20. The molecule has 0 bridgehead atoms. The molecule has 1 saturated heterocycles. The smallest absolute Gasteiger partial charge is 0.0284 e. The van der Waals surface area contributed by atoms with E-state index < -0.39 is 0 Å². The van der Waals surface area contributed by atoms with Crippen molar-refractivity contribution >= 4 is 11.8 Å². The molecule has 0 aromatic heterocycles. The van der Waals surface area contributed by atoms with Gasteiger partial charge in [0, 0.05) is 23.4 Å². The lowest BCUT2D eigenvalue weighted by molar-refractivity contribution is 0.124. The molecule has 0 spiro atoms. The Morgan fingerprint density at radius 2 is 2.00 bits per heavy atom. The Hall–Kier alpha value is 0.270. The van der Waals surface area contributed by atoms with Crippen molar-refractivity contribution in [3.63, 3.8) is 0 Å². The zero-order valence-electron chi connectivity index (χ0n) is 11.5. The molecule has 2 fully saturated rings. The van der Waals surface area contributed by atoms with Crippen LogP contribution in [0.1, 0.15) is 51.9 Å².